The Balaban J connectivity index is 1.76. The minimum atomic E-state index is 0.319. The number of hydrogen-bond acceptors (Lipinski definition) is 0. The summed E-state index contributed by atoms with van der Waals surface area (Å²) in [5.41, 5.74) is 7.10. The summed E-state index contributed by atoms with van der Waals surface area (Å²) in [5, 5.41) is 0. The van der Waals surface area contributed by atoms with Gasteiger partial charge in [0, 0.05) is 5.41 Å². The van der Waals surface area contributed by atoms with Crippen LogP contribution in [0.4, 0.5) is 0 Å². The molecule has 0 aromatic heterocycles. The highest BCUT2D eigenvalue weighted by Gasteiger charge is 2.57. The third-order valence-corrected chi connectivity index (χ3v) is 8.74. The molecule has 0 N–H and O–H groups in total. The number of allylic oxidation sites excluding steroid dienone is 6. The maximum absolute atomic E-state index is 4.46. The van der Waals surface area contributed by atoms with E-state index in [-0.39, 0.29) is 0 Å². The first-order valence-electron chi connectivity index (χ1n) is 10.6. The van der Waals surface area contributed by atoms with Gasteiger partial charge in [0.2, 0.25) is 0 Å². The van der Waals surface area contributed by atoms with Crippen LogP contribution >= 0.6 is 0 Å². The van der Waals surface area contributed by atoms with Crippen LogP contribution in [0.15, 0.2) is 47.6 Å². The van der Waals surface area contributed by atoms with E-state index in [1.807, 2.05) is 0 Å². The van der Waals surface area contributed by atoms with Gasteiger partial charge in [-0.3, -0.25) is 0 Å². The summed E-state index contributed by atoms with van der Waals surface area (Å²) in [6, 6.07) is 0. The van der Waals surface area contributed by atoms with E-state index >= 15 is 0 Å². The van der Waals surface area contributed by atoms with E-state index in [9.17, 15) is 0 Å². The second kappa shape index (κ2) is 5.73. The van der Waals surface area contributed by atoms with Crippen molar-refractivity contribution in [1.29, 1.82) is 0 Å². The Bertz CT molecular complexity index is 674. The van der Waals surface area contributed by atoms with Gasteiger partial charge in [-0.05, 0) is 74.0 Å². The molecule has 4 aliphatic rings. The molecule has 0 amide bonds. The summed E-state index contributed by atoms with van der Waals surface area (Å²) in [6.45, 7) is 18.7. The number of hydrogen-bond donors (Lipinski definition) is 0. The van der Waals surface area contributed by atoms with Crippen molar-refractivity contribution in [1.82, 2.24) is 0 Å². The second-order valence-corrected chi connectivity index (χ2v) is 9.98. The zero-order valence-electron chi connectivity index (χ0n) is 16.8. The molecule has 0 bridgehead atoms. The van der Waals surface area contributed by atoms with Crippen LogP contribution in [0.25, 0.3) is 0 Å². The molecular formula is C25H36. The third kappa shape index (κ3) is 2.32. The van der Waals surface area contributed by atoms with Crippen molar-refractivity contribution in [3.05, 3.63) is 47.6 Å². The highest BCUT2D eigenvalue weighted by atomic mass is 14.6. The van der Waals surface area contributed by atoms with Crippen molar-refractivity contribution in [3.8, 4) is 0 Å². The molecule has 4 aliphatic carbocycles. The lowest BCUT2D eigenvalue weighted by molar-refractivity contribution is 0.0693. The van der Waals surface area contributed by atoms with Crippen LogP contribution in [0.2, 0.25) is 0 Å². The SMILES string of the molecule is C=C1C=C2CC(C)C3C(=CC[C@@]4(C)C3CC[C@@H]4C(=C)CC)[C@@]2(C)CC1. The Labute approximate surface area is 155 Å². The molecule has 2 saturated carbocycles. The molecule has 25 heavy (non-hydrogen) atoms. The molecule has 6 atom stereocenters. The lowest BCUT2D eigenvalue weighted by Gasteiger charge is -2.56. The summed E-state index contributed by atoms with van der Waals surface area (Å²) in [6.07, 6.45) is 14.1. The molecule has 0 heteroatoms. The fourth-order valence-electron chi connectivity index (χ4n) is 7.18. The normalized spacial score (nSPS) is 45.8. The maximum Gasteiger partial charge on any atom is 0.0102 e. The molecule has 3 unspecified atom stereocenters. The Morgan fingerprint density at radius 3 is 2.76 bits per heavy atom. The van der Waals surface area contributed by atoms with Gasteiger partial charge in [-0.1, -0.05) is 75.3 Å². The van der Waals surface area contributed by atoms with Crippen LogP contribution < -0.4 is 0 Å². The molecular weight excluding hydrogens is 300 g/mol. The summed E-state index contributed by atoms with van der Waals surface area (Å²) in [7, 11) is 0. The quantitative estimate of drug-likeness (QED) is 0.466. The van der Waals surface area contributed by atoms with Gasteiger partial charge in [0.15, 0.2) is 0 Å². The summed E-state index contributed by atoms with van der Waals surface area (Å²) in [5.74, 6) is 3.17. The van der Waals surface area contributed by atoms with Gasteiger partial charge in [0.25, 0.3) is 0 Å². The van der Waals surface area contributed by atoms with Gasteiger partial charge >= 0.3 is 0 Å². The number of rotatable bonds is 2. The average Bonchev–Trinajstić information content (AvgIpc) is 2.93. The van der Waals surface area contributed by atoms with Gasteiger partial charge in [0.1, 0.15) is 0 Å². The Morgan fingerprint density at radius 2 is 2.04 bits per heavy atom. The lowest BCUT2D eigenvalue weighted by atomic mass is 9.48. The van der Waals surface area contributed by atoms with Crippen molar-refractivity contribution >= 4 is 0 Å². The Hall–Kier alpha value is -1.04. The van der Waals surface area contributed by atoms with Crippen molar-refractivity contribution < 1.29 is 0 Å². The van der Waals surface area contributed by atoms with E-state index in [2.05, 4.69) is 53.0 Å². The van der Waals surface area contributed by atoms with Gasteiger partial charge in [-0.15, -0.1) is 0 Å². The van der Waals surface area contributed by atoms with Crippen molar-refractivity contribution in [2.45, 2.75) is 72.6 Å². The van der Waals surface area contributed by atoms with Gasteiger partial charge in [-0.2, -0.15) is 0 Å². The Morgan fingerprint density at radius 1 is 1.28 bits per heavy atom. The molecule has 0 saturated heterocycles. The molecule has 0 aromatic rings. The molecule has 0 nitrogen and oxygen atoms in total. The minimum Gasteiger partial charge on any atom is -0.0996 e. The summed E-state index contributed by atoms with van der Waals surface area (Å²) >= 11 is 0. The molecule has 0 spiro atoms. The van der Waals surface area contributed by atoms with Crippen molar-refractivity contribution in [3.63, 3.8) is 0 Å². The zero-order valence-corrected chi connectivity index (χ0v) is 16.8. The minimum absolute atomic E-state index is 0.319. The first-order valence-corrected chi connectivity index (χ1v) is 10.6. The van der Waals surface area contributed by atoms with Crippen LogP contribution in [0, 0.1) is 34.5 Å². The van der Waals surface area contributed by atoms with Gasteiger partial charge < -0.3 is 0 Å². The molecule has 0 aliphatic heterocycles. The van der Waals surface area contributed by atoms with Crippen LogP contribution in [-0.2, 0) is 0 Å². The highest BCUT2D eigenvalue weighted by Crippen LogP contribution is 2.66. The van der Waals surface area contributed by atoms with Crippen LogP contribution in [0.3, 0.4) is 0 Å². The van der Waals surface area contributed by atoms with Crippen LogP contribution in [-0.4, -0.2) is 0 Å². The first kappa shape index (κ1) is 17.4. The fourth-order valence-corrected chi connectivity index (χ4v) is 7.18. The predicted molar refractivity (Wildman–Crippen MR) is 108 cm³/mol. The molecule has 0 radical (unpaired) electrons. The first-order chi connectivity index (χ1) is 11.8. The van der Waals surface area contributed by atoms with Gasteiger partial charge in [-0.25, -0.2) is 0 Å². The van der Waals surface area contributed by atoms with Gasteiger partial charge in [0.05, 0.1) is 0 Å². The van der Waals surface area contributed by atoms with E-state index in [1.54, 1.807) is 11.1 Å². The van der Waals surface area contributed by atoms with E-state index in [1.165, 1.54) is 49.7 Å². The van der Waals surface area contributed by atoms with E-state index in [4.69, 9.17) is 0 Å². The van der Waals surface area contributed by atoms with Crippen molar-refractivity contribution in [2.75, 3.05) is 0 Å². The summed E-state index contributed by atoms with van der Waals surface area (Å²) in [4.78, 5) is 0. The zero-order chi connectivity index (χ0) is 18.0. The molecule has 4 rings (SSSR count). The standard InChI is InChI=1S/C25H36/c1-7-17(3)20-8-9-21-23-18(4)15-19-14-16(2)10-12-24(19,5)22(23)11-13-25(20,21)6/h11,14,18,20-21,23H,2-3,7-10,12-13,15H2,1,4-6H3/t18?,20-,21?,23?,24+,25-/m1/s1. The molecule has 2 fully saturated rings. The molecule has 0 heterocycles. The monoisotopic (exact) mass is 336 g/mol. The predicted octanol–water partition coefficient (Wildman–Crippen LogP) is 7.25. The summed E-state index contributed by atoms with van der Waals surface area (Å²) < 4.78 is 0. The van der Waals surface area contributed by atoms with E-state index < -0.39 is 0 Å². The number of fused-ring (bicyclic) bond motifs is 5. The van der Waals surface area contributed by atoms with E-state index in [0.717, 1.165) is 30.1 Å². The topological polar surface area (TPSA) is 0 Å². The van der Waals surface area contributed by atoms with Crippen molar-refractivity contribution in [2.24, 2.45) is 34.5 Å². The molecule has 136 valence electrons. The van der Waals surface area contributed by atoms with Crippen LogP contribution in [0.1, 0.15) is 72.6 Å². The maximum atomic E-state index is 4.46. The van der Waals surface area contributed by atoms with E-state index in [0.29, 0.717) is 10.8 Å². The largest absolute Gasteiger partial charge is 0.0996 e. The average molecular weight is 337 g/mol. The highest BCUT2D eigenvalue weighted by molar-refractivity contribution is 5.43. The Kier molecular flexibility index (Phi) is 3.98. The molecule has 0 aromatic carbocycles. The lowest BCUT2D eigenvalue weighted by Crippen LogP contribution is -2.47. The van der Waals surface area contributed by atoms with Crippen LogP contribution in [0.5, 0.6) is 0 Å². The fraction of sp³-hybridized carbons (Fsp3) is 0.680. The third-order valence-electron chi connectivity index (χ3n) is 8.74. The smallest absolute Gasteiger partial charge is 0.0102 e. The second-order valence-electron chi connectivity index (χ2n) is 9.98.